The van der Waals surface area contributed by atoms with Crippen LogP contribution < -0.4 is 4.74 Å². The number of methoxy groups -OCH3 is 1. The Labute approximate surface area is 126 Å². The van der Waals surface area contributed by atoms with E-state index in [-0.39, 0.29) is 6.10 Å². The molecule has 1 aliphatic rings. The molecule has 0 aromatic heterocycles. The minimum absolute atomic E-state index is 0.323. The number of aliphatic hydroxyl groups excluding tert-OH is 1. The van der Waals surface area contributed by atoms with Crippen LogP contribution in [0.5, 0.6) is 5.75 Å². The van der Waals surface area contributed by atoms with Crippen molar-refractivity contribution >= 4 is 15.9 Å². The number of hydrogen-bond acceptors (Lipinski definition) is 5. The number of hydrogen-bond donors (Lipinski definition) is 1. The Kier molecular flexibility index (Phi) is 6.25. The normalized spacial score (nSPS) is 20.6. The summed E-state index contributed by atoms with van der Waals surface area (Å²) < 4.78 is 22.1. The maximum Gasteiger partial charge on any atom is 0.133 e. The highest BCUT2D eigenvalue weighted by molar-refractivity contribution is 9.10. The minimum Gasteiger partial charge on any atom is -0.490 e. The lowest BCUT2D eigenvalue weighted by molar-refractivity contribution is -0.133. The lowest BCUT2D eigenvalue weighted by atomic mass is 10.0. The molecule has 1 aliphatic heterocycles. The topological polar surface area (TPSA) is 57.2 Å². The highest BCUT2D eigenvalue weighted by atomic mass is 79.9. The van der Waals surface area contributed by atoms with Crippen LogP contribution in [0.1, 0.15) is 11.7 Å². The van der Waals surface area contributed by atoms with Gasteiger partial charge < -0.3 is 24.1 Å². The van der Waals surface area contributed by atoms with Crippen molar-refractivity contribution in [1.82, 2.24) is 0 Å². The van der Waals surface area contributed by atoms with Crippen LogP contribution in [0, 0.1) is 0 Å². The monoisotopic (exact) mass is 346 g/mol. The third-order valence-electron chi connectivity index (χ3n) is 3.04. The molecule has 1 aromatic carbocycles. The van der Waals surface area contributed by atoms with Crippen LogP contribution in [0.3, 0.4) is 0 Å². The summed E-state index contributed by atoms with van der Waals surface area (Å²) in [5.74, 6) is 0.721. The second-order valence-electron chi connectivity index (χ2n) is 4.46. The maximum atomic E-state index is 10.3. The molecule has 2 unspecified atom stereocenters. The smallest absolute Gasteiger partial charge is 0.133 e. The maximum absolute atomic E-state index is 10.3. The van der Waals surface area contributed by atoms with Crippen LogP contribution in [0.4, 0.5) is 0 Å². The fourth-order valence-electron chi connectivity index (χ4n) is 1.96. The van der Waals surface area contributed by atoms with Crippen LogP contribution in [0.25, 0.3) is 0 Å². The SMILES string of the molecule is COCCOc1ccc(C(O)C2COCCO2)cc1Br. The first-order valence-corrected chi connectivity index (χ1v) is 7.30. The van der Waals surface area contributed by atoms with E-state index in [1.807, 2.05) is 18.2 Å². The van der Waals surface area contributed by atoms with Gasteiger partial charge in [0.1, 0.15) is 24.6 Å². The lowest BCUT2D eigenvalue weighted by Gasteiger charge is -2.27. The Balaban J connectivity index is 1.99. The summed E-state index contributed by atoms with van der Waals surface area (Å²) in [7, 11) is 1.63. The molecule has 2 rings (SSSR count). The van der Waals surface area contributed by atoms with E-state index >= 15 is 0 Å². The molecular formula is C14H19BrO5. The predicted octanol–water partition coefficient (Wildman–Crippen LogP) is 1.92. The zero-order valence-corrected chi connectivity index (χ0v) is 13.0. The molecule has 0 radical (unpaired) electrons. The summed E-state index contributed by atoms with van der Waals surface area (Å²) in [5.41, 5.74) is 0.770. The fraction of sp³-hybridized carbons (Fsp3) is 0.571. The molecule has 6 heteroatoms. The largest absolute Gasteiger partial charge is 0.490 e. The van der Waals surface area contributed by atoms with E-state index in [1.54, 1.807) is 7.11 Å². The lowest BCUT2D eigenvalue weighted by Crippen LogP contribution is -2.33. The summed E-state index contributed by atoms with van der Waals surface area (Å²) in [4.78, 5) is 0. The van der Waals surface area contributed by atoms with E-state index in [2.05, 4.69) is 15.9 Å². The number of aliphatic hydroxyl groups is 1. The number of ether oxygens (including phenoxy) is 4. The molecular weight excluding hydrogens is 328 g/mol. The van der Waals surface area contributed by atoms with Gasteiger partial charge >= 0.3 is 0 Å². The van der Waals surface area contributed by atoms with Crippen molar-refractivity contribution < 1.29 is 24.1 Å². The van der Waals surface area contributed by atoms with Gasteiger partial charge in [0.15, 0.2) is 0 Å². The van der Waals surface area contributed by atoms with E-state index in [0.29, 0.717) is 33.0 Å². The van der Waals surface area contributed by atoms with Gasteiger partial charge in [0, 0.05) is 7.11 Å². The zero-order valence-electron chi connectivity index (χ0n) is 11.4. The van der Waals surface area contributed by atoms with Gasteiger partial charge in [-0.15, -0.1) is 0 Å². The molecule has 20 heavy (non-hydrogen) atoms. The molecule has 1 N–H and O–H groups in total. The third kappa shape index (κ3) is 4.17. The van der Waals surface area contributed by atoms with E-state index < -0.39 is 6.10 Å². The van der Waals surface area contributed by atoms with Crippen LogP contribution in [0.15, 0.2) is 22.7 Å². The summed E-state index contributed by atoms with van der Waals surface area (Å²) in [5, 5.41) is 10.3. The molecule has 1 saturated heterocycles. The average molecular weight is 347 g/mol. The van der Waals surface area contributed by atoms with Gasteiger partial charge in [-0.3, -0.25) is 0 Å². The Morgan fingerprint density at radius 2 is 2.25 bits per heavy atom. The van der Waals surface area contributed by atoms with Gasteiger partial charge in [-0.1, -0.05) is 6.07 Å². The number of halogens is 1. The second kappa shape index (κ2) is 7.95. The van der Waals surface area contributed by atoms with Gasteiger partial charge in [0.05, 0.1) is 30.9 Å². The van der Waals surface area contributed by atoms with Crippen LogP contribution in [-0.4, -0.2) is 51.4 Å². The van der Waals surface area contributed by atoms with Crippen LogP contribution >= 0.6 is 15.9 Å². The molecule has 2 atom stereocenters. The van der Waals surface area contributed by atoms with Crippen molar-refractivity contribution in [2.24, 2.45) is 0 Å². The van der Waals surface area contributed by atoms with Crippen LogP contribution in [0.2, 0.25) is 0 Å². The Bertz CT molecular complexity index is 420. The molecule has 0 aliphatic carbocycles. The van der Waals surface area contributed by atoms with Crippen molar-refractivity contribution in [3.05, 3.63) is 28.2 Å². The van der Waals surface area contributed by atoms with Gasteiger partial charge in [-0.25, -0.2) is 0 Å². The van der Waals surface area contributed by atoms with Crippen LogP contribution in [-0.2, 0) is 14.2 Å². The quantitative estimate of drug-likeness (QED) is 0.797. The van der Waals surface area contributed by atoms with Crippen molar-refractivity contribution in [2.75, 3.05) is 40.1 Å². The van der Waals surface area contributed by atoms with Crippen molar-refractivity contribution in [2.45, 2.75) is 12.2 Å². The van der Waals surface area contributed by atoms with Crippen molar-refractivity contribution in [3.8, 4) is 5.75 Å². The van der Waals surface area contributed by atoms with E-state index in [9.17, 15) is 5.11 Å². The molecule has 1 heterocycles. The minimum atomic E-state index is -0.709. The molecule has 5 nitrogen and oxygen atoms in total. The Hall–Kier alpha value is -0.660. The summed E-state index contributed by atoms with van der Waals surface area (Å²) >= 11 is 3.44. The van der Waals surface area contributed by atoms with Gasteiger partial charge in [0.2, 0.25) is 0 Å². The van der Waals surface area contributed by atoms with Crippen molar-refractivity contribution in [3.63, 3.8) is 0 Å². The molecule has 1 aromatic rings. The first kappa shape index (κ1) is 15.7. The Morgan fingerprint density at radius 3 is 2.90 bits per heavy atom. The Morgan fingerprint density at radius 1 is 1.40 bits per heavy atom. The molecule has 0 amide bonds. The fourth-order valence-corrected chi connectivity index (χ4v) is 2.47. The highest BCUT2D eigenvalue weighted by Crippen LogP contribution is 2.30. The zero-order chi connectivity index (χ0) is 14.4. The molecule has 1 fully saturated rings. The van der Waals surface area contributed by atoms with E-state index in [0.717, 1.165) is 15.8 Å². The molecule has 0 saturated carbocycles. The first-order chi connectivity index (χ1) is 9.72. The predicted molar refractivity (Wildman–Crippen MR) is 77.0 cm³/mol. The number of benzene rings is 1. The van der Waals surface area contributed by atoms with Gasteiger partial charge in [0.25, 0.3) is 0 Å². The highest BCUT2D eigenvalue weighted by Gasteiger charge is 2.25. The molecule has 0 spiro atoms. The molecule has 112 valence electrons. The van der Waals surface area contributed by atoms with Gasteiger partial charge in [-0.05, 0) is 33.6 Å². The van der Waals surface area contributed by atoms with Gasteiger partial charge in [-0.2, -0.15) is 0 Å². The standard InChI is InChI=1S/C14H19BrO5/c1-17-4-6-19-12-3-2-10(8-11(12)15)14(16)13-9-18-5-7-20-13/h2-3,8,13-14,16H,4-7,9H2,1H3. The third-order valence-corrected chi connectivity index (χ3v) is 3.66. The summed E-state index contributed by atoms with van der Waals surface area (Å²) in [6.45, 7) is 2.52. The van der Waals surface area contributed by atoms with E-state index in [4.69, 9.17) is 18.9 Å². The van der Waals surface area contributed by atoms with E-state index in [1.165, 1.54) is 0 Å². The summed E-state index contributed by atoms with van der Waals surface area (Å²) in [6, 6.07) is 5.49. The summed E-state index contributed by atoms with van der Waals surface area (Å²) in [6.07, 6.45) is -1.03. The number of rotatable bonds is 6. The van der Waals surface area contributed by atoms with Crippen molar-refractivity contribution in [1.29, 1.82) is 0 Å². The average Bonchev–Trinajstić information content (AvgIpc) is 2.49. The molecule has 0 bridgehead atoms. The first-order valence-electron chi connectivity index (χ1n) is 6.51. The second-order valence-corrected chi connectivity index (χ2v) is 5.31.